The van der Waals surface area contributed by atoms with Crippen LogP contribution in [0.5, 0.6) is 11.5 Å². The summed E-state index contributed by atoms with van der Waals surface area (Å²) in [4.78, 5) is 12.0. The van der Waals surface area contributed by atoms with Crippen molar-refractivity contribution in [3.8, 4) is 11.5 Å². The number of hydrogen-bond acceptors (Lipinski definition) is 6. The molecule has 0 amide bonds. The summed E-state index contributed by atoms with van der Waals surface area (Å²) in [6.45, 7) is 7.47. The van der Waals surface area contributed by atoms with Gasteiger partial charge in [0.15, 0.2) is 23.3 Å². The van der Waals surface area contributed by atoms with Crippen molar-refractivity contribution in [2.45, 2.75) is 52.1 Å². The highest BCUT2D eigenvalue weighted by molar-refractivity contribution is 5.87. The van der Waals surface area contributed by atoms with E-state index in [-0.39, 0.29) is 31.0 Å². The summed E-state index contributed by atoms with van der Waals surface area (Å²) in [5.74, 6) is -1.05. The maximum atomic E-state index is 15.2. The number of aliphatic hydroxyl groups is 1. The molecule has 7 nitrogen and oxygen atoms in total. The van der Waals surface area contributed by atoms with Crippen molar-refractivity contribution in [2.24, 2.45) is 16.3 Å². The number of ether oxygens (including phenoxy) is 3. The smallest absolute Gasteiger partial charge is 0.198 e. The van der Waals surface area contributed by atoms with Gasteiger partial charge in [0.05, 0.1) is 31.2 Å². The predicted molar refractivity (Wildman–Crippen MR) is 136 cm³/mol. The number of aliphatic imine (C=N–C) groups is 1. The molecule has 2 aliphatic rings. The second-order valence-electron chi connectivity index (χ2n) is 10.4. The van der Waals surface area contributed by atoms with Gasteiger partial charge in [-0.05, 0) is 55.0 Å². The molecule has 1 saturated heterocycles. The first-order valence-electron chi connectivity index (χ1n) is 12.8. The van der Waals surface area contributed by atoms with Crippen LogP contribution in [0.1, 0.15) is 50.7 Å². The molecule has 0 bridgehead atoms. The second-order valence-corrected chi connectivity index (χ2v) is 10.4. The zero-order valence-corrected chi connectivity index (χ0v) is 21.4. The number of aromatic amines is 1. The van der Waals surface area contributed by atoms with Crippen LogP contribution in [0.3, 0.4) is 0 Å². The largest absolute Gasteiger partial charge is 0.480 e. The van der Waals surface area contributed by atoms with Crippen molar-refractivity contribution >= 4 is 16.9 Å². The van der Waals surface area contributed by atoms with Crippen LogP contribution in [-0.4, -0.2) is 53.4 Å². The van der Waals surface area contributed by atoms with Crippen LogP contribution in [0.15, 0.2) is 35.6 Å². The molecule has 1 aromatic carbocycles. The minimum atomic E-state index is -0.810. The Labute approximate surface area is 214 Å². The molecule has 0 spiro atoms. The molecular formula is C28H33F2N3O4. The van der Waals surface area contributed by atoms with Gasteiger partial charge in [0.2, 0.25) is 0 Å². The maximum absolute atomic E-state index is 15.2. The number of aliphatic hydroxyl groups excluding tert-OH is 1. The second kappa shape index (κ2) is 10.4. The normalized spacial score (nSPS) is 24.2. The molecule has 37 heavy (non-hydrogen) atoms. The van der Waals surface area contributed by atoms with E-state index in [2.05, 4.69) is 15.0 Å². The standard InChI is InChI=1S/C28H33F2N3O4/c1-16(2)28(14-34)13-33-24(36-15-28)11-18-9-21(29)26(22(30)10-18)37-23-6-7-31-27-25(23)20(12-32-27)19-5-4-8-35-17(19)3/h6-7,9-10,12,16-17,19,34H,4-5,8,11,13-15H2,1-3H3,(H,31,32). The fourth-order valence-electron chi connectivity index (χ4n) is 5.15. The van der Waals surface area contributed by atoms with Crippen molar-refractivity contribution in [1.82, 2.24) is 9.97 Å². The summed E-state index contributed by atoms with van der Waals surface area (Å²) in [5.41, 5.74) is 1.51. The molecule has 4 heterocycles. The lowest BCUT2D eigenvalue weighted by molar-refractivity contribution is 0.0119. The minimum Gasteiger partial charge on any atom is -0.480 e. The van der Waals surface area contributed by atoms with E-state index in [1.807, 2.05) is 27.0 Å². The molecule has 3 aromatic rings. The molecule has 198 valence electrons. The third kappa shape index (κ3) is 4.94. The first-order chi connectivity index (χ1) is 17.8. The molecular weight excluding hydrogens is 480 g/mol. The number of hydrogen-bond donors (Lipinski definition) is 2. The van der Waals surface area contributed by atoms with Crippen molar-refractivity contribution in [3.63, 3.8) is 0 Å². The van der Waals surface area contributed by atoms with Gasteiger partial charge in [-0.2, -0.15) is 0 Å². The molecule has 9 heteroatoms. The van der Waals surface area contributed by atoms with Crippen LogP contribution in [0, 0.1) is 23.0 Å². The summed E-state index contributed by atoms with van der Waals surface area (Å²) in [6, 6.07) is 4.11. The summed E-state index contributed by atoms with van der Waals surface area (Å²) < 4.78 is 47.8. The van der Waals surface area contributed by atoms with Crippen LogP contribution in [0.4, 0.5) is 8.78 Å². The lowest BCUT2D eigenvalue weighted by atomic mass is 9.78. The number of fused-ring (bicyclic) bond motifs is 1. The van der Waals surface area contributed by atoms with Crippen molar-refractivity contribution < 1.29 is 28.1 Å². The van der Waals surface area contributed by atoms with Crippen LogP contribution < -0.4 is 4.74 Å². The number of benzene rings is 1. The molecule has 2 aromatic heterocycles. The summed E-state index contributed by atoms with van der Waals surface area (Å²) >= 11 is 0. The molecule has 1 fully saturated rings. The van der Waals surface area contributed by atoms with E-state index in [4.69, 9.17) is 14.2 Å². The van der Waals surface area contributed by atoms with Crippen LogP contribution in [-0.2, 0) is 15.9 Å². The van der Waals surface area contributed by atoms with Gasteiger partial charge >= 0.3 is 0 Å². The van der Waals surface area contributed by atoms with E-state index >= 15 is 8.78 Å². The molecule has 2 aliphatic heterocycles. The molecule has 0 aliphatic carbocycles. The number of nitrogens with zero attached hydrogens (tertiary/aromatic N) is 2. The fraction of sp³-hybridized carbons (Fsp3) is 0.500. The molecule has 0 saturated carbocycles. The predicted octanol–water partition coefficient (Wildman–Crippen LogP) is 5.52. The van der Waals surface area contributed by atoms with Gasteiger partial charge in [0, 0.05) is 36.8 Å². The Morgan fingerprint density at radius 1 is 1.27 bits per heavy atom. The lowest BCUT2D eigenvalue weighted by Crippen LogP contribution is -2.43. The quantitative estimate of drug-likeness (QED) is 0.434. The molecule has 3 unspecified atom stereocenters. The minimum absolute atomic E-state index is 0.0153. The molecule has 5 rings (SSSR count). The first kappa shape index (κ1) is 25.6. The fourth-order valence-corrected chi connectivity index (χ4v) is 5.15. The van der Waals surface area contributed by atoms with E-state index in [0.717, 1.165) is 25.0 Å². The summed E-state index contributed by atoms with van der Waals surface area (Å²) in [6.07, 6.45) is 5.48. The van der Waals surface area contributed by atoms with E-state index in [9.17, 15) is 5.11 Å². The Kier molecular flexibility index (Phi) is 7.18. The topological polar surface area (TPSA) is 89.0 Å². The van der Waals surface area contributed by atoms with Gasteiger partial charge < -0.3 is 24.3 Å². The zero-order chi connectivity index (χ0) is 26.2. The summed E-state index contributed by atoms with van der Waals surface area (Å²) in [5, 5.41) is 10.5. The van der Waals surface area contributed by atoms with Crippen LogP contribution in [0.2, 0.25) is 0 Å². The van der Waals surface area contributed by atoms with Crippen molar-refractivity contribution in [3.05, 3.63) is 53.4 Å². The number of H-pyrrole nitrogens is 1. The van der Waals surface area contributed by atoms with E-state index in [0.29, 0.717) is 41.4 Å². The average molecular weight is 514 g/mol. The number of halogens is 2. The van der Waals surface area contributed by atoms with Crippen LogP contribution >= 0.6 is 0 Å². The number of rotatable bonds is 7. The van der Waals surface area contributed by atoms with Gasteiger partial charge in [0.1, 0.15) is 11.4 Å². The molecule has 2 N–H and O–H groups in total. The van der Waals surface area contributed by atoms with E-state index in [1.54, 1.807) is 12.3 Å². The first-order valence-corrected chi connectivity index (χ1v) is 12.8. The highest BCUT2D eigenvalue weighted by Gasteiger charge is 2.37. The van der Waals surface area contributed by atoms with E-state index < -0.39 is 22.8 Å². The number of pyridine rings is 1. The van der Waals surface area contributed by atoms with Crippen LogP contribution in [0.25, 0.3) is 11.0 Å². The monoisotopic (exact) mass is 513 g/mol. The van der Waals surface area contributed by atoms with Gasteiger partial charge in [-0.25, -0.2) is 13.8 Å². The van der Waals surface area contributed by atoms with Crippen molar-refractivity contribution in [1.29, 1.82) is 0 Å². The Bertz CT molecular complexity index is 1280. The third-order valence-electron chi connectivity index (χ3n) is 7.83. The lowest BCUT2D eigenvalue weighted by Gasteiger charge is -2.37. The van der Waals surface area contributed by atoms with E-state index in [1.165, 1.54) is 12.1 Å². The molecule has 0 radical (unpaired) electrons. The zero-order valence-electron chi connectivity index (χ0n) is 21.4. The Morgan fingerprint density at radius 2 is 2.05 bits per heavy atom. The SMILES string of the molecule is CC1OCCCC1c1c[nH]c2nccc(Oc3c(F)cc(CC4=NCC(CO)(C(C)C)CO4)cc3F)c12. The number of nitrogens with one attached hydrogen (secondary N) is 1. The molecule has 3 atom stereocenters. The highest BCUT2D eigenvalue weighted by Crippen LogP contribution is 2.40. The highest BCUT2D eigenvalue weighted by atomic mass is 19.1. The van der Waals surface area contributed by atoms with Gasteiger partial charge in [-0.1, -0.05) is 13.8 Å². The van der Waals surface area contributed by atoms with Gasteiger partial charge in [-0.15, -0.1) is 0 Å². The Morgan fingerprint density at radius 3 is 2.70 bits per heavy atom. The average Bonchev–Trinajstić information content (AvgIpc) is 3.32. The Hall–Kier alpha value is -3.04. The third-order valence-corrected chi connectivity index (χ3v) is 7.83. The van der Waals surface area contributed by atoms with Gasteiger partial charge in [0.25, 0.3) is 0 Å². The van der Waals surface area contributed by atoms with Crippen molar-refractivity contribution in [2.75, 3.05) is 26.4 Å². The Balaban J connectivity index is 1.39. The summed E-state index contributed by atoms with van der Waals surface area (Å²) in [7, 11) is 0. The maximum Gasteiger partial charge on any atom is 0.198 e. The number of aromatic nitrogens is 2. The van der Waals surface area contributed by atoms with Gasteiger partial charge in [-0.3, -0.25) is 4.99 Å².